The van der Waals surface area contributed by atoms with Gasteiger partial charge in [0.25, 0.3) is 5.91 Å². The van der Waals surface area contributed by atoms with Crippen molar-refractivity contribution in [1.29, 1.82) is 0 Å². The van der Waals surface area contributed by atoms with Crippen molar-refractivity contribution in [3.8, 4) is 0 Å². The first-order chi connectivity index (χ1) is 12.5. The molecule has 1 aromatic rings. The first kappa shape index (κ1) is 17.1. The summed E-state index contributed by atoms with van der Waals surface area (Å²) in [7, 11) is 0. The van der Waals surface area contributed by atoms with Gasteiger partial charge >= 0.3 is 6.03 Å². The molecule has 0 aliphatic carbocycles. The standard InChI is InChI=1S/C20H25N3O3/c1-2-22-18(25)16-13-20(14-23(16)19(22)26)8-10-21(11-9-20)17(24)12-15-6-4-3-5-7-15/h3-7,16H,2,8-14H2,1H3/t16-/m0/s1. The van der Waals surface area contributed by atoms with Crippen LogP contribution in [0.2, 0.25) is 0 Å². The van der Waals surface area contributed by atoms with E-state index in [-0.39, 0.29) is 29.3 Å². The highest BCUT2D eigenvalue weighted by Gasteiger charge is 2.56. The Bertz CT molecular complexity index is 699. The van der Waals surface area contributed by atoms with Gasteiger partial charge in [0.2, 0.25) is 5.91 Å². The Morgan fingerprint density at radius 2 is 1.85 bits per heavy atom. The van der Waals surface area contributed by atoms with Crippen molar-refractivity contribution in [3.63, 3.8) is 0 Å². The van der Waals surface area contributed by atoms with E-state index in [1.807, 2.05) is 42.2 Å². The van der Waals surface area contributed by atoms with E-state index in [1.54, 1.807) is 4.90 Å². The molecule has 26 heavy (non-hydrogen) atoms. The summed E-state index contributed by atoms with van der Waals surface area (Å²) >= 11 is 0. The number of likely N-dealkylation sites (N-methyl/N-ethyl adjacent to an activating group) is 1. The zero-order chi connectivity index (χ0) is 18.3. The Balaban J connectivity index is 1.37. The Morgan fingerprint density at radius 3 is 2.46 bits per heavy atom. The van der Waals surface area contributed by atoms with Crippen LogP contribution in [-0.4, -0.2) is 64.8 Å². The molecule has 6 nitrogen and oxygen atoms in total. The molecule has 3 aliphatic heterocycles. The second kappa shape index (κ2) is 6.41. The molecule has 3 aliphatic rings. The Labute approximate surface area is 153 Å². The minimum atomic E-state index is -0.283. The molecular formula is C20H25N3O3. The van der Waals surface area contributed by atoms with Crippen LogP contribution in [0.25, 0.3) is 0 Å². The Hall–Kier alpha value is -2.37. The van der Waals surface area contributed by atoms with E-state index in [9.17, 15) is 14.4 Å². The van der Waals surface area contributed by atoms with Crippen molar-refractivity contribution < 1.29 is 14.4 Å². The van der Waals surface area contributed by atoms with Crippen LogP contribution in [0.1, 0.15) is 31.7 Å². The summed E-state index contributed by atoms with van der Waals surface area (Å²) in [5, 5.41) is 0. The zero-order valence-electron chi connectivity index (χ0n) is 15.2. The number of hydrogen-bond acceptors (Lipinski definition) is 3. The van der Waals surface area contributed by atoms with Crippen LogP contribution in [-0.2, 0) is 16.0 Å². The van der Waals surface area contributed by atoms with Crippen molar-refractivity contribution in [2.24, 2.45) is 5.41 Å². The highest BCUT2D eigenvalue weighted by molar-refractivity contribution is 6.04. The van der Waals surface area contributed by atoms with Crippen molar-refractivity contribution in [1.82, 2.24) is 14.7 Å². The molecule has 3 saturated heterocycles. The molecule has 0 unspecified atom stereocenters. The largest absolute Gasteiger partial charge is 0.342 e. The van der Waals surface area contributed by atoms with E-state index in [2.05, 4.69) is 0 Å². The number of hydrogen-bond donors (Lipinski definition) is 0. The lowest BCUT2D eigenvalue weighted by molar-refractivity contribution is -0.133. The highest BCUT2D eigenvalue weighted by Crippen LogP contribution is 2.46. The number of benzene rings is 1. The van der Waals surface area contributed by atoms with E-state index in [0.717, 1.165) is 24.8 Å². The van der Waals surface area contributed by atoms with Crippen LogP contribution in [0.3, 0.4) is 0 Å². The first-order valence-electron chi connectivity index (χ1n) is 9.47. The number of likely N-dealkylation sites (tertiary alicyclic amines) is 1. The van der Waals surface area contributed by atoms with E-state index >= 15 is 0 Å². The average molecular weight is 355 g/mol. The number of nitrogens with zero attached hydrogens (tertiary/aromatic N) is 3. The summed E-state index contributed by atoms with van der Waals surface area (Å²) in [6.07, 6.45) is 2.92. The van der Waals surface area contributed by atoms with Gasteiger partial charge in [0.1, 0.15) is 6.04 Å². The van der Waals surface area contributed by atoms with E-state index in [0.29, 0.717) is 32.6 Å². The molecule has 4 rings (SSSR count). The molecule has 3 heterocycles. The second-order valence-corrected chi connectivity index (χ2v) is 7.76. The number of imide groups is 1. The van der Waals surface area contributed by atoms with Crippen LogP contribution < -0.4 is 0 Å². The van der Waals surface area contributed by atoms with Crippen molar-refractivity contribution in [3.05, 3.63) is 35.9 Å². The summed E-state index contributed by atoms with van der Waals surface area (Å²) in [4.78, 5) is 42.4. The highest BCUT2D eigenvalue weighted by atomic mass is 16.2. The van der Waals surface area contributed by atoms with Crippen LogP contribution in [0.5, 0.6) is 0 Å². The molecule has 138 valence electrons. The predicted octanol–water partition coefficient (Wildman–Crippen LogP) is 1.89. The van der Waals surface area contributed by atoms with Crippen LogP contribution >= 0.6 is 0 Å². The van der Waals surface area contributed by atoms with Gasteiger partial charge in [-0.1, -0.05) is 30.3 Å². The van der Waals surface area contributed by atoms with Gasteiger partial charge in [-0.25, -0.2) is 4.79 Å². The fourth-order valence-corrected chi connectivity index (χ4v) is 4.67. The van der Waals surface area contributed by atoms with Gasteiger partial charge < -0.3 is 9.80 Å². The third-order valence-electron chi connectivity index (χ3n) is 6.23. The molecule has 4 amide bonds. The fraction of sp³-hybridized carbons (Fsp3) is 0.550. The SMILES string of the molecule is CCN1C(=O)[C@@H]2CC3(CCN(C(=O)Cc4ccccc4)CC3)CN2C1=O. The Morgan fingerprint density at radius 1 is 1.15 bits per heavy atom. The molecule has 0 N–H and O–H groups in total. The maximum atomic E-state index is 12.6. The van der Waals surface area contributed by atoms with Crippen molar-refractivity contribution in [2.75, 3.05) is 26.2 Å². The van der Waals surface area contributed by atoms with E-state index in [1.165, 1.54) is 4.90 Å². The number of carbonyl (C=O) groups is 3. The maximum absolute atomic E-state index is 12.6. The van der Waals surface area contributed by atoms with E-state index in [4.69, 9.17) is 0 Å². The van der Waals surface area contributed by atoms with Crippen molar-refractivity contribution >= 4 is 17.8 Å². The molecule has 0 bridgehead atoms. The topological polar surface area (TPSA) is 60.9 Å². The second-order valence-electron chi connectivity index (χ2n) is 7.76. The molecule has 0 saturated carbocycles. The number of carbonyl (C=O) groups excluding carboxylic acids is 3. The van der Waals surface area contributed by atoms with Gasteiger partial charge in [-0.15, -0.1) is 0 Å². The molecule has 1 aromatic carbocycles. The van der Waals surface area contributed by atoms with Crippen LogP contribution in [0, 0.1) is 5.41 Å². The third-order valence-corrected chi connectivity index (χ3v) is 6.23. The molecule has 0 radical (unpaired) electrons. The van der Waals surface area contributed by atoms with Crippen LogP contribution in [0.4, 0.5) is 4.79 Å². The van der Waals surface area contributed by atoms with Gasteiger partial charge in [-0.2, -0.15) is 0 Å². The summed E-state index contributed by atoms with van der Waals surface area (Å²) < 4.78 is 0. The quantitative estimate of drug-likeness (QED) is 0.778. The van der Waals surface area contributed by atoms with Gasteiger partial charge in [0.15, 0.2) is 0 Å². The predicted molar refractivity (Wildman–Crippen MR) is 96.3 cm³/mol. The lowest BCUT2D eigenvalue weighted by atomic mass is 9.76. The molecule has 1 atom stereocenters. The fourth-order valence-electron chi connectivity index (χ4n) is 4.67. The summed E-state index contributed by atoms with van der Waals surface area (Å²) in [5.74, 6) is 0.116. The van der Waals surface area contributed by atoms with Crippen molar-refractivity contribution in [2.45, 2.75) is 38.6 Å². The summed E-state index contributed by atoms with van der Waals surface area (Å²) in [5.41, 5.74) is 1.04. The summed E-state index contributed by atoms with van der Waals surface area (Å²) in [6, 6.07) is 9.39. The first-order valence-corrected chi connectivity index (χ1v) is 9.47. The molecule has 1 spiro atoms. The minimum Gasteiger partial charge on any atom is -0.342 e. The number of urea groups is 1. The molecule has 6 heteroatoms. The number of amides is 4. The van der Waals surface area contributed by atoms with Gasteiger partial charge in [-0.3, -0.25) is 14.5 Å². The Kier molecular flexibility index (Phi) is 4.21. The number of piperidine rings is 1. The monoisotopic (exact) mass is 355 g/mol. The van der Waals surface area contributed by atoms with Gasteiger partial charge in [-0.05, 0) is 37.2 Å². The van der Waals surface area contributed by atoms with Crippen LogP contribution in [0.15, 0.2) is 30.3 Å². The summed E-state index contributed by atoms with van der Waals surface area (Å²) in [6.45, 7) is 4.36. The van der Waals surface area contributed by atoms with E-state index < -0.39 is 0 Å². The normalized spacial score (nSPS) is 24.5. The van der Waals surface area contributed by atoms with Gasteiger partial charge in [0.05, 0.1) is 6.42 Å². The van der Waals surface area contributed by atoms with Gasteiger partial charge in [0, 0.05) is 26.2 Å². The smallest absolute Gasteiger partial charge is 0.327 e. The number of rotatable bonds is 3. The average Bonchev–Trinajstić information content (AvgIpc) is 3.11. The minimum absolute atomic E-state index is 0.000650. The number of fused-ring (bicyclic) bond motifs is 1. The molecule has 0 aromatic heterocycles. The maximum Gasteiger partial charge on any atom is 0.327 e. The molecule has 3 fully saturated rings. The third kappa shape index (κ3) is 2.77. The lowest BCUT2D eigenvalue weighted by Gasteiger charge is -2.39. The lowest BCUT2D eigenvalue weighted by Crippen LogP contribution is -2.46. The molecular weight excluding hydrogens is 330 g/mol. The zero-order valence-corrected chi connectivity index (χ0v) is 15.2.